The highest BCUT2D eigenvalue weighted by atomic mass is 79.9. The highest BCUT2D eigenvalue weighted by molar-refractivity contribution is 9.10. The van der Waals surface area contributed by atoms with Gasteiger partial charge in [-0.25, -0.2) is 0 Å². The number of aliphatic imine (C=N–C) groups is 1. The normalized spacial score (nSPS) is 18.7. The van der Waals surface area contributed by atoms with Gasteiger partial charge in [-0.1, -0.05) is 0 Å². The van der Waals surface area contributed by atoms with Crippen LogP contribution in [0.2, 0.25) is 0 Å². The molecule has 1 amide bonds. The molecule has 0 atom stereocenters. The molecular weight excluding hydrogens is 394 g/mol. The molecular formula is C15H8BrN5O2S. The van der Waals surface area contributed by atoms with E-state index in [1.54, 1.807) is 24.5 Å². The van der Waals surface area contributed by atoms with Gasteiger partial charge in [0, 0.05) is 18.0 Å². The molecule has 0 bridgehead atoms. The van der Waals surface area contributed by atoms with Crippen molar-refractivity contribution in [3.05, 3.63) is 58.2 Å². The lowest BCUT2D eigenvalue weighted by Crippen LogP contribution is -2.35. The first-order valence-corrected chi connectivity index (χ1v) is 8.39. The minimum absolute atomic E-state index is 0.0333. The van der Waals surface area contributed by atoms with Crippen LogP contribution in [0.4, 0.5) is 0 Å². The Morgan fingerprint density at radius 1 is 1.25 bits per heavy atom. The highest BCUT2D eigenvalue weighted by Gasteiger charge is 2.36. The summed E-state index contributed by atoms with van der Waals surface area (Å²) in [6.45, 7) is 0. The Kier molecular flexibility index (Phi) is 3.66. The van der Waals surface area contributed by atoms with Gasteiger partial charge in [0.05, 0.1) is 5.57 Å². The van der Waals surface area contributed by atoms with E-state index in [-0.39, 0.29) is 11.4 Å². The molecule has 7 nitrogen and oxygen atoms in total. The Balaban J connectivity index is 1.70. The number of furan rings is 1. The fourth-order valence-corrected chi connectivity index (χ4v) is 3.37. The van der Waals surface area contributed by atoms with E-state index in [9.17, 15) is 4.79 Å². The number of carbonyl (C=O) groups excluding carboxylic acids is 1. The zero-order valence-corrected chi connectivity index (χ0v) is 14.3. The molecule has 0 saturated heterocycles. The first kappa shape index (κ1) is 15.0. The van der Waals surface area contributed by atoms with Crippen LogP contribution in [-0.4, -0.2) is 31.9 Å². The second-order valence-corrected chi connectivity index (χ2v) is 6.54. The van der Waals surface area contributed by atoms with Gasteiger partial charge in [0.25, 0.3) is 5.91 Å². The minimum atomic E-state index is -0.488. The number of hydrogen-bond acceptors (Lipinski definition) is 6. The third-order valence-corrected chi connectivity index (χ3v) is 4.65. The van der Waals surface area contributed by atoms with Gasteiger partial charge >= 0.3 is 0 Å². The topological polar surface area (TPSA) is 94.9 Å². The van der Waals surface area contributed by atoms with Crippen molar-refractivity contribution in [3.8, 4) is 0 Å². The number of thioether (sulfide) groups is 1. The maximum absolute atomic E-state index is 12.3. The number of amidine groups is 2. The molecule has 0 unspecified atom stereocenters. The number of fused-ring (bicyclic) bond motifs is 1. The van der Waals surface area contributed by atoms with Gasteiger partial charge in [0.1, 0.15) is 10.8 Å². The second kappa shape index (κ2) is 5.84. The third-order valence-electron chi connectivity index (χ3n) is 3.26. The second-order valence-electron chi connectivity index (χ2n) is 4.80. The number of nitrogens with one attached hydrogen (secondary N) is 1. The van der Waals surface area contributed by atoms with Crippen LogP contribution in [0.5, 0.6) is 0 Å². The van der Waals surface area contributed by atoms with E-state index in [1.807, 2.05) is 12.1 Å². The number of pyridine rings is 1. The van der Waals surface area contributed by atoms with E-state index in [1.165, 1.54) is 22.8 Å². The average molecular weight is 402 g/mol. The maximum Gasteiger partial charge on any atom is 0.283 e. The summed E-state index contributed by atoms with van der Waals surface area (Å²) in [6.07, 6.45) is 4.81. The lowest BCUT2D eigenvalue weighted by Gasteiger charge is -2.19. The number of halogens is 1. The molecule has 0 spiro atoms. The summed E-state index contributed by atoms with van der Waals surface area (Å²) in [4.78, 5) is 20.2. The van der Waals surface area contributed by atoms with Gasteiger partial charge in [-0.2, -0.15) is 15.1 Å². The van der Waals surface area contributed by atoms with Crippen molar-refractivity contribution in [1.29, 1.82) is 5.41 Å². The van der Waals surface area contributed by atoms with E-state index in [0.717, 1.165) is 5.56 Å². The van der Waals surface area contributed by atoms with Crippen molar-refractivity contribution >= 4 is 55.7 Å². The van der Waals surface area contributed by atoms with Gasteiger partial charge in [-0.05, 0) is 58.0 Å². The summed E-state index contributed by atoms with van der Waals surface area (Å²) in [5.41, 5.74) is 0.980. The van der Waals surface area contributed by atoms with Crippen LogP contribution in [0, 0.1) is 5.41 Å². The van der Waals surface area contributed by atoms with Gasteiger partial charge in [-0.15, -0.1) is 0 Å². The van der Waals surface area contributed by atoms with E-state index < -0.39 is 5.91 Å². The summed E-state index contributed by atoms with van der Waals surface area (Å²) >= 11 is 4.45. The van der Waals surface area contributed by atoms with Crippen molar-refractivity contribution in [3.63, 3.8) is 0 Å². The molecule has 9 heteroatoms. The van der Waals surface area contributed by atoms with Crippen molar-refractivity contribution in [2.24, 2.45) is 10.1 Å². The Morgan fingerprint density at radius 2 is 2.04 bits per heavy atom. The minimum Gasteiger partial charge on any atom is -0.450 e. The van der Waals surface area contributed by atoms with Crippen LogP contribution in [-0.2, 0) is 4.79 Å². The predicted molar refractivity (Wildman–Crippen MR) is 94.8 cm³/mol. The van der Waals surface area contributed by atoms with Crippen LogP contribution >= 0.6 is 27.7 Å². The van der Waals surface area contributed by atoms with E-state index in [0.29, 0.717) is 20.6 Å². The molecule has 0 saturated carbocycles. The van der Waals surface area contributed by atoms with Crippen LogP contribution < -0.4 is 0 Å². The predicted octanol–water partition coefficient (Wildman–Crippen LogP) is 3.10. The fourth-order valence-electron chi connectivity index (χ4n) is 2.15. The van der Waals surface area contributed by atoms with Gasteiger partial charge in [-0.3, -0.25) is 15.2 Å². The number of nitrogens with zero attached hydrogens (tertiary/aromatic N) is 4. The summed E-state index contributed by atoms with van der Waals surface area (Å²) < 4.78 is 5.91. The lowest BCUT2D eigenvalue weighted by atomic mass is 10.1. The largest absolute Gasteiger partial charge is 0.450 e. The Morgan fingerprint density at radius 3 is 2.75 bits per heavy atom. The van der Waals surface area contributed by atoms with Crippen LogP contribution in [0.15, 0.2) is 61.4 Å². The van der Waals surface area contributed by atoms with E-state index in [2.05, 4.69) is 31.0 Å². The summed E-state index contributed by atoms with van der Waals surface area (Å²) in [5, 5.41) is 15.1. The zero-order valence-electron chi connectivity index (χ0n) is 11.9. The van der Waals surface area contributed by atoms with Crippen LogP contribution in [0.3, 0.4) is 0 Å². The molecule has 1 N–H and O–H groups in total. The quantitative estimate of drug-likeness (QED) is 0.779. The third kappa shape index (κ3) is 2.61. The monoisotopic (exact) mass is 401 g/mol. The number of carbonyl (C=O) groups is 1. The number of hydrogen-bond donors (Lipinski definition) is 1. The molecule has 24 heavy (non-hydrogen) atoms. The van der Waals surface area contributed by atoms with Crippen molar-refractivity contribution in [2.75, 3.05) is 0 Å². The average Bonchev–Trinajstić information content (AvgIpc) is 3.18. The van der Waals surface area contributed by atoms with Crippen LogP contribution in [0.25, 0.3) is 6.08 Å². The SMILES string of the molecule is N=C1C(=Cc2ccc(Br)o2)C(=O)N=C2SC(c3ccncc3)=NN12. The molecule has 0 aromatic carbocycles. The fraction of sp³-hybridized carbons (Fsp3) is 0. The first-order chi connectivity index (χ1) is 11.6. The molecule has 2 aromatic heterocycles. The maximum atomic E-state index is 12.3. The van der Waals surface area contributed by atoms with Gasteiger partial charge < -0.3 is 4.42 Å². The Bertz CT molecular complexity index is 948. The summed E-state index contributed by atoms with van der Waals surface area (Å²) in [7, 11) is 0. The molecule has 4 heterocycles. The lowest BCUT2D eigenvalue weighted by molar-refractivity contribution is -0.114. The van der Waals surface area contributed by atoms with Gasteiger partial charge in [0.15, 0.2) is 10.5 Å². The molecule has 0 aliphatic carbocycles. The summed E-state index contributed by atoms with van der Waals surface area (Å²) in [5.74, 6) is -0.0645. The zero-order chi connectivity index (χ0) is 16.7. The number of aromatic nitrogens is 1. The van der Waals surface area contributed by atoms with Gasteiger partial charge in [0.2, 0.25) is 5.17 Å². The van der Waals surface area contributed by atoms with Crippen molar-refractivity contribution in [1.82, 2.24) is 9.99 Å². The van der Waals surface area contributed by atoms with Crippen molar-refractivity contribution in [2.45, 2.75) is 0 Å². The number of amides is 1. The first-order valence-electron chi connectivity index (χ1n) is 6.78. The Hall–Kier alpha value is -2.52. The summed E-state index contributed by atoms with van der Waals surface area (Å²) in [6, 6.07) is 7.03. The van der Waals surface area contributed by atoms with Crippen molar-refractivity contribution < 1.29 is 9.21 Å². The molecule has 118 valence electrons. The molecule has 4 rings (SSSR count). The van der Waals surface area contributed by atoms with E-state index >= 15 is 0 Å². The standard InChI is InChI=1S/C15H8BrN5O2S/c16-11-2-1-9(23-11)7-10-12(17)21-15(19-13(10)22)24-14(20-21)8-3-5-18-6-4-8/h1-7,17H. The highest BCUT2D eigenvalue weighted by Crippen LogP contribution is 2.31. The number of rotatable bonds is 2. The molecule has 2 aliphatic rings. The molecule has 2 aliphatic heterocycles. The molecule has 2 aromatic rings. The molecule has 0 radical (unpaired) electrons. The van der Waals surface area contributed by atoms with E-state index in [4.69, 9.17) is 9.83 Å². The smallest absolute Gasteiger partial charge is 0.283 e. The molecule has 0 fully saturated rings. The number of hydrazone groups is 1. The Labute approximate surface area is 148 Å². The van der Waals surface area contributed by atoms with Crippen LogP contribution in [0.1, 0.15) is 11.3 Å².